The van der Waals surface area contributed by atoms with E-state index in [0.29, 0.717) is 11.4 Å². The zero-order valence-electron chi connectivity index (χ0n) is 24.0. The molecule has 0 spiro atoms. The van der Waals surface area contributed by atoms with Gasteiger partial charge in [0, 0.05) is 22.8 Å². The lowest BCUT2D eigenvalue weighted by Gasteiger charge is -2.28. The number of benzene rings is 3. The first-order valence-electron chi connectivity index (χ1n) is 13.5. The van der Waals surface area contributed by atoms with Gasteiger partial charge < -0.3 is 25.6 Å². The lowest BCUT2D eigenvalue weighted by atomic mass is 9.85. The van der Waals surface area contributed by atoms with E-state index >= 15 is 0 Å². The molecule has 0 fully saturated rings. The van der Waals surface area contributed by atoms with Crippen molar-refractivity contribution < 1.29 is 23.9 Å². The first kappa shape index (κ1) is 29.3. The number of nitrogens with zero attached hydrogens (tertiary/aromatic N) is 1. The fourth-order valence-corrected chi connectivity index (χ4v) is 5.01. The van der Waals surface area contributed by atoms with Gasteiger partial charge in [-0.15, -0.1) is 0 Å². The van der Waals surface area contributed by atoms with Crippen molar-refractivity contribution in [1.82, 2.24) is 10.6 Å². The first-order chi connectivity index (χ1) is 19.4. The van der Waals surface area contributed by atoms with Gasteiger partial charge in [0.2, 0.25) is 11.8 Å². The summed E-state index contributed by atoms with van der Waals surface area (Å²) in [5.41, 5.74) is 3.64. The second-order valence-corrected chi connectivity index (χ2v) is 11.2. The van der Waals surface area contributed by atoms with Crippen molar-refractivity contribution in [2.45, 2.75) is 51.6 Å². The molecule has 0 unspecified atom stereocenters. The van der Waals surface area contributed by atoms with Crippen LogP contribution in [0.1, 0.15) is 60.2 Å². The molecule has 3 N–H and O–H groups in total. The minimum Gasteiger partial charge on any atom is -0.465 e. The largest absolute Gasteiger partial charge is 0.465 e. The van der Waals surface area contributed by atoms with Crippen molar-refractivity contribution in [1.29, 1.82) is 0 Å². The molecule has 1 aliphatic rings. The maximum Gasteiger partial charge on any atom is 0.337 e. The molecule has 1 aliphatic heterocycles. The summed E-state index contributed by atoms with van der Waals surface area (Å²) < 4.78 is 4.76. The van der Waals surface area contributed by atoms with E-state index in [4.69, 9.17) is 4.74 Å². The van der Waals surface area contributed by atoms with E-state index in [1.165, 1.54) is 18.1 Å². The topological polar surface area (TPSA) is 117 Å². The van der Waals surface area contributed by atoms with E-state index in [2.05, 4.69) is 16.0 Å². The van der Waals surface area contributed by atoms with E-state index in [-0.39, 0.29) is 30.4 Å². The van der Waals surface area contributed by atoms with Crippen LogP contribution in [0.5, 0.6) is 0 Å². The fraction of sp³-hybridized carbons (Fsp3) is 0.312. The van der Waals surface area contributed by atoms with Crippen molar-refractivity contribution in [3.63, 3.8) is 0 Å². The minimum absolute atomic E-state index is 0.199. The monoisotopic (exact) mass is 556 g/mol. The fourth-order valence-electron chi connectivity index (χ4n) is 5.01. The summed E-state index contributed by atoms with van der Waals surface area (Å²) in [6.07, 6.45) is 0.284. The number of carbonyl (C=O) groups is 4. The number of ether oxygens (including phenoxy) is 1. The number of fused-ring (bicyclic) bond motifs is 1. The van der Waals surface area contributed by atoms with Gasteiger partial charge >= 0.3 is 12.0 Å². The second kappa shape index (κ2) is 12.2. The van der Waals surface area contributed by atoms with Crippen LogP contribution in [-0.4, -0.2) is 49.1 Å². The molecular weight excluding hydrogens is 520 g/mol. The molecule has 0 saturated heterocycles. The smallest absolute Gasteiger partial charge is 0.337 e. The molecule has 41 heavy (non-hydrogen) atoms. The van der Waals surface area contributed by atoms with Gasteiger partial charge in [0.15, 0.2) is 0 Å². The third kappa shape index (κ3) is 7.30. The summed E-state index contributed by atoms with van der Waals surface area (Å²) in [6, 6.07) is 20.5. The molecular formula is C32H36N4O5. The van der Waals surface area contributed by atoms with Crippen molar-refractivity contribution in [3.8, 4) is 0 Å². The number of amides is 4. The number of aryl methyl sites for hydroxylation is 1. The number of hydrogen-bond donors (Lipinski definition) is 3. The summed E-state index contributed by atoms with van der Waals surface area (Å²) in [7, 11) is 1.28. The molecule has 3 aromatic rings. The SMILES string of the molecule is COC(=O)c1cccc(NC(=O)N[C@@H]2C[C@H](c3ccccc3)c3ccc(C)cc3N(CC(=O)NC(C)(C)C)C2=O)c1. The van der Waals surface area contributed by atoms with Crippen molar-refractivity contribution in [3.05, 3.63) is 95.1 Å². The molecule has 9 heteroatoms. The lowest BCUT2D eigenvalue weighted by molar-refractivity contribution is -0.125. The first-order valence-corrected chi connectivity index (χ1v) is 13.5. The highest BCUT2D eigenvalue weighted by atomic mass is 16.5. The maximum atomic E-state index is 14.1. The van der Waals surface area contributed by atoms with Crippen LogP contribution in [0.3, 0.4) is 0 Å². The van der Waals surface area contributed by atoms with Gasteiger partial charge in [-0.05, 0) is 75.1 Å². The Bertz CT molecular complexity index is 1450. The van der Waals surface area contributed by atoms with E-state index in [0.717, 1.165) is 16.7 Å². The number of carbonyl (C=O) groups excluding carboxylic acids is 4. The van der Waals surface area contributed by atoms with Crippen LogP contribution in [0.15, 0.2) is 72.8 Å². The number of anilines is 2. The third-order valence-electron chi connectivity index (χ3n) is 6.75. The summed E-state index contributed by atoms with van der Waals surface area (Å²) in [5.74, 6) is -1.45. The van der Waals surface area contributed by atoms with Crippen LogP contribution in [-0.2, 0) is 14.3 Å². The molecule has 1 heterocycles. The average Bonchev–Trinajstić information content (AvgIpc) is 3.02. The molecule has 0 bridgehead atoms. The summed E-state index contributed by atoms with van der Waals surface area (Å²) in [6.45, 7) is 7.37. The number of methoxy groups -OCH3 is 1. The van der Waals surface area contributed by atoms with Crippen LogP contribution in [0.4, 0.5) is 16.2 Å². The standard InChI is InChI=1S/C32H36N4O5/c1-20-14-15-24-25(21-10-7-6-8-11-21)18-26(29(38)36(27(24)16-20)19-28(37)35-32(2,3)4)34-31(40)33-23-13-9-12-22(17-23)30(39)41-5/h6-17,25-26H,18-19H2,1-5H3,(H,35,37)(H2,33,34,40)/t25-,26-/m1/s1. The Kier molecular flexibility index (Phi) is 8.76. The van der Waals surface area contributed by atoms with E-state index in [1.807, 2.05) is 76.2 Å². The maximum absolute atomic E-state index is 14.1. The van der Waals surface area contributed by atoms with Crippen LogP contribution in [0, 0.1) is 6.92 Å². The van der Waals surface area contributed by atoms with E-state index in [9.17, 15) is 19.2 Å². The van der Waals surface area contributed by atoms with E-state index in [1.54, 1.807) is 18.2 Å². The summed E-state index contributed by atoms with van der Waals surface area (Å²) >= 11 is 0. The predicted octanol–water partition coefficient (Wildman–Crippen LogP) is 4.76. The van der Waals surface area contributed by atoms with Crippen LogP contribution < -0.4 is 20.9 Å². The Morgan fingerprint density at radius 1 is 0.976 bits per heavy atom. The zero-order chi connectivity index (χ0) is 29.7. The van der Waals surface area contributed by atoms with E-state index < -0.39 is 29.5 Å². The predicted molar refractivity (Wildman–Crippen MR) is 158 cm³/mol. The molecule has 0 radical (unpaired) electrons. The van der Waals surface area contributed by atoms with Gasteiger partial charge in [0.05, 0.1) is 12.7 Å². The molecule has 0 aliphatic carbocycles. The Labute approximate surface area is 240 Å². The zero-order valence-corrected chi connectivity index (χ0v) is 24.0. The van der Waals surface area contributed by atoms with Crippen molar-refractivity contribution >= 4 is 35.2 Å². The number of nitrogens with one attached hydrogen (secondary N) is 3. The Morgan fingerprint density at radius 2 is 1.71 bits per heavy atom. The quantitative estimate of drug-likeness (QED) is 0.379. The van der Waals surface area contributed by atoms with Crippen LogP contribution in [0.25, 0.3) is 0 Å². The van der Waals surface area contributed by atoms with Gasteiger partial charge in [-0.1, -0.05) is 48.5 Å². The molecule has 3 aromatic carbocycles. The normalized spacial score (nSPS) is 16.7. The molecule has 214 valence electrons. The number of urea groups is 1. The van der Waals surface area contributed by atoms with Gasteiger partial charge in [0.25, 0.3) is 0 Å². The lowest BCUT2D eigenvalue weighted by Crippen LogP contribution is -2.53. The van der Waals surface area contributed by atoms with Gasteiger partial charge in [0.1, 0.15) is 12.6 Å². The Balaban J connectivity index is 1.69. The molecule has 2 atom stereocenters. The third-order valence-corrected chi connectivity index (χ3v) is 6.75. The second-order valence-electron chi connectivity index (χ2n) is 11.2. The number of rotatable bonds is 6. The Morgan fingerprint density at radius 3 is 2.39 bits per heavy atom. The summed E-state index contributed by atoms with van der Waals surface area (Å²) in [4.78, 5) is 53.8. The van der Waals surface area contributed by atoms with Crippen LogP contribution >= 0.6 is 0 Å². The molecule has 0 saturated carbocycles. The molecule has 9 nitrogen and oxygen atoms in total. The van der Waals surface area contributed by atoms with Gasteiger partial charge in [-0.3, -0.25) is 9.59 Å². The van der Waals surface area contributed by atoms with Gasteiger partial charge in [-0.2, -0.15) is 0 Å². The molecule has 4 amide bonds. The highest BCUT2D eigenvalue weighted by molar-refractivity contribution is 6.05. The van der Waals surface area contributed by atoms with Gasteiger partial charge in [-0.25, -0.2) is 9.59 Å². The number of hydrogen-bond acceptors (Lipinski definition) is 5. The highest BCUT2D eigenvalue weighted by Gasteiger charge is 2.37. The van der Waals surface area contributed by atoms with Crippen molar-refractivity contribution in [2.24, 2.45) is 0 Å². The van der Waals surface area contributed by atoms with Crippen LogP contribution in [0.2, 0.25) is 0 Å². The average molecular weight is 557 g/mol. The summed E-state index contributed by atoms with van der Waals surface area (Å²) in [5, 5.41) is 8.48. The van der Waals surface area contributed by atoms with Crippen molar-refractivity contribution in [2.75, 3.05) is 23.9 Å². The Hall–Kier alpha value is -4.66. The molecule has 0 aromatic heterocycles. The minimum atomic E-state index is -0.945. The highest BCUT2D eigenvalue weighted by Crippen LogP contribution is 2.39. The number of esters is 1. The molecule has 4 rings (SSSR count).